The Morgan fingerprint density at radius 1 is 0.750 bits per heavy atom. The van der Waals surface area contributed by atoms with Crippen LogP contribution in [0.5, 0.6) is 0 Å². The summed E-state index contributed by atoms with van der Waals surface area (Å²) in [6.07, 6.45) is 7.70. The summed E-state index contributed by atoms with van der Waals surface area (Å²) in [6.45, 7) is 2.92. The lowest BCUT2D eigenvalue weighted by atomic mass is 10.1. The molecule has 0 fully saturated rings. The van der Waals surface area contributed by atoms with Crippen molar-refractivity contribution in [3.8, 4) is 0 Å². The number of hydrogen-bond acceptors (Lipinski definition) is 2. The first-order chi connectivity index (χ1) is 11.8. The molecule has 2 aromatic carbocycles. The SMILES string of the molecule is CCCCCCCCOCP(=O)(c1ccccc1)c1ccccc1. The highest BCUT2D eigenvalue weighted by atomic mass is 31.2. The van der Waals surface area contributed by atoms with E-state index >= 15 is 0 Å². The van der Waals surface area contributed by atoms with Crippen molar-refractivity contribution in [3.63, 3.8) is 0 Å². The zero-order valence-electron chi connectivity index (χ0n) is 14.7. The number of unbranched alkanes of at least 4 members (excludes halogenated alkanes) is 5. The zero-order chi connectivity index (χ0) is 17.1. The smallest absolute Gasteiger partial charge is 0.167 e. The second kappa shape index (κ2) is 10.5. The van der Waals surface area contributed by atoms with Crippen molar-refractivity contribution < 1.29 is 9.30 Å². The van der Waals surface area contributed by atoms with Crippen LogP contribution >= 0.6 is 7.14 Å². The third-order valence-corrected chi connectivity index (χ3v) is 7.07. The maximum absolute atomic E-state index is 13.7. The largest absolute Gasteiger partial charge is 0.373 e. The van der Waals surface area contributed by atoms with Crippen LogP contribution in [0.15, 0.2) is 60.7 Å². The average molecular weight is 344 g/mol. The summed E-state index contributed by atoms with van der Waals surface area (Å²) < 4.78 is 19.5. The summed E-state index contributed by atoms with van der Waals surface area (Å²) >= 11 is 0. The van der Waals surface area contributed by atoms with Crippen LogP contribution in [0.25, 0.3) is 0 Å². The first-order valence-corrected chi connectivity index (χ1v) is 10.9. The maximum atomic E-state index is 13.7. The number of benzene rings is 2. The molecule has 0 aromatic heterocycles. The maximum Gasteiger partial charge on any atom is 0.167 e. The molecule has 3 heteroatoms. The lowest BCUT2D eigenvalue weighted by Crippen LogP contribution is -2.19. The molecule has 0 bridgehead atoms. The Kier molecular flexibility index (Phi) is 8.28. The molecular formula is C21H29O2P. The van der Waals surface area contributed by atoms with Crippen LogP contribution in [0.3, 0.4) is 0 Å². The van der Waals surface area contributed by atoms with Crippen LogP contribution in [-0.2, 0) is 9.30 Å². The fraction of sp³-hybridized carbons (Fsp3) is 0.429. The van der Waals surface area contributed by atoms with Gasteiger partial charge >= 0.3 is 0 Å². The third kappa shape index (κ3) is 5.61. The van der Waals surface area contributed by atoms with E-state index in [4.69, 9.17) is 4.74 Å². The molecule has 0 heterocycles. The van der Waals surface area contributed by atoms with Crippen molar-refractivity contribution >= 4 is 17.8 Å². The molecule has 0 aliphatic carbocycles. The number of hydrogen-bond donors (Lipinski definition) is 0. The van der Waals surface area contributed by atoms with Gasteiger partial charge in [-0.25, -0.2) is 0 Å². The predicted molar refractivity (Wildman–Crippen MR) is 104 cm³/mol. The van der Waals surface area contributed by atoms with Crippen molar-refractivity contribution in [1.29, 1.82) is 0 Å². The van der Waals surface area contributed by atoms with E-state index in [9.17, 15) is 4.57 Å². The summed E-state index contributed by atoms with van der Waals surface area (Å²) in [4.78, 5) is 0. The molecule has 0 atom stereocenters. The molecule has 2 aromatic rings. The van der Waals surface area contributed by atoms with Gasteiger partial charge in [0.15, 0.2) is 7.14 Å². The Labute approximate surface area is 146 Å². The normalized spacial score (nSPS) is 11.5. The molecule has 24 heavy (non-hydrogen) atoms. The molecule has 130 valence electrons. The minimum Gasteiger partial charge on any atom is -0.373 e. The summed E-state index contributed by atoms with van der Waals surface area (Å²) in [5.41, 5.74) is 0. The summed E-state index contributed by atoms with van der Waals surface area (Å²) in [5.74, 6) is 0. The van der Waals surface area contributed by atoms with E-state index in [0.29, 0.717) is 6.61 Å². The lowest BCUT2D eigenvalue weighted by molar-refractivity contribution is 0.171. The number of ether oxygens (including phenoxy) is 1. The molecule has 0 amide bonds. The van der Waals surface area contributed by atoms with E-state index in [0.717, 1.165) is 17.0 Å². The molecule has 2 nitrogen and oxygen atoms in total. The van der Waals surface area contributed by atoms with Crippen LogP contribution in [0.2, 0.25) is 0 Å². The quantitative estimate of drug-likeness (QED) is 0.406. The molecule has 0 aliphatic heterocycles. The summed E-state index contributed by atoms with van der Waals surface area (Å²) in [6, 6.07) is 19.5. The van der Waals surface area contributed by atoms with Gasteiger partial charge in [0, 0.05) is 17.2 Å². The molecule has 0 spiro atoms. The van der Waals surface area contributed by atoms with Crippen molar-refractivity contribution in [1.82, 2.24) is 0 Å². The molecule has 0 N–H and O–H groups in total. The van der Waals surface area contributed by atoms with E-state index < -0.39 is 7.14 Å². The van der Waals surface area contributed by atoms with Gasteiger partial charge in [-0.15, -0.1) is 0 Å². The lowest BCUT2D eigenvalue weighted by Gasteiger charge is -2.19. The Balaban J connectivity index is 1.93. The van der Waals surface area contributed by atoms with Gasteiger partial charge in [0.1, 0.15) is 6.35 Å². The second-order valence-corrected chi connectivity index (χ2v) is 8.99. The standard InChI is InChI=1S/C21H29O2P/c1-2-3-4-5-6-13-18-23-19-24(22,20-14-9-7-10-15-20)21-16-11-8-12-17-21/h7-12,14-17H,2-6,13,18-19H2,1H3. The average Bonchev–Trinajstić information content (AvgIpc) is 2.65. The Bertz CT molecular complexity index is 567. The second-order valence-electron chi connectivity index (χ2n) is 6.22. The Morgan fingerprint density at radius 3 is 1.79 bits per heavy atom. The molecule has 0 unspecified atom stereocenters. The van der Waals surface area contributed by atoms with Crippen LogP contribution in [0.1, 0.15) is 45.4 Å². The molecule has 2 rings (SSSR count). The van der Waals surface area contributed by atoms with Gasteiger partial charge in [-0.1, -0.05) is 99.7 Å². The number of rotatable bonds is 11. The van der Waals surface area contributed by atoms with E-state index in [-0.39, 0.29) is 6.35 Å². The van der Waals surface area contributed by atoms with Crippen LogP contribution in [0.4, 0.5) is 0 Å². The van der Waals surface area contributed by atoms with E-state index in [1.807, 2.05) is 60.7 Å². The molecule has 0 saturated heterocycles. The highest BCUT2D eigenvalue weighted by Gasteiger charge is 2.27. The predicted octanol–water partition coefficient (Wildman–Crippen LogP) is 5.34. The van der Waals surface area contributed by atoms with Crippen molar-refractivity contribution in [2.75, 3.05) is 13.0 Å². The molecule has 0 aliphatic rings. The Hall–Kier alpha value is -1.37. The van der Waals surface area contributed by atoms with Gasteiger partial charge in [0.05, 0.1) is 0 Å². The van der Waals surface area contributed by atoms with E-state index in [1.54, 1.807) is 0 Å². The molecule has 0 radical (unpaired) electrons. The first kappa shape index (κ1) is 19.0. The van der Waals surface area contributed by atoms with Gasteiger partial charge in [-0.2, -0.15) is 0 Å². The minimum absolute atomic E-state index is 0.288. The zero-order valence-corrected chi connectivity index (χ0v) is 15.6. The van der Waals surface area contributed by atoms with Crippen LogP contribution in [0, 0.1) is 0 Å². The summed E-state index contributed by atoms with van der Waals surface area (Å²) in [7, 11) is -2.71. The summed E-state index contributed by atoms with van der Waals surface area (Å²) in [5, 5.41) is 1.75. The highest BCUT2D eigenvalue weighted by Crippen LogP contribution is 2.43. The first-order valence-electron chi connectivity index (χ1n) is 9.05. The van der Waals surface area contributed by atoms with Gasteiger partial charge in [0.25, 0.3) is 0 Å². The van der Waals surface area contributed by atoms with Crippen molar-refractivity contribution in [2.45, 2.75) is 45.4 Å². The fourth-order valence-corrected chi connectivity index (χ4v) is 5.10. The van der Waals surface area contributed by atoms with E-state index in [2.05, 4.69) is 6.92 Å². The topological polar surface area (TPSA) is 26.3 Å². The molecule has 0 saturated carbocycles. The van der Waals surface area contributed by atoms with Gasteiger partial charge in [-0.3, -0.25) is 0 Å². The van der Waals surface area contributed by atoms with E-state index in [1.165, 1.54) is 32.1 Å². The van der Waals surface area contributed by atoms with Crippen molar-refractivity contribution in [2.24, 2.45) is 0 Å². The van der Waals surface area contributed by atoms with Gasteiger partial charge in [0.2, 0.25) is 0 Å². The highest BCUT2D eigenvalue weighted by molar-refractivity contribution is 7.78. The fourth-order valence-electron chi connectivity index (χ4n) is 2.81. The monoisotopic (exact) mass is 344 g/mol. The third-order valence-electron chi connectivity index (χ3n) is 4.26. The van der Waals surface area contributed by atoms with Gasteiger partial charge in [-0.05, 0) is 6.42 Å². The molecular weight excluding hydrogens is 315 g/mol. The van der Waals surface area contributed by atoms with Crippen LogP contribution < -0.4 is 10.6 Å². The van der Waals surface area contributed by atoms with Gasteiger partial charge < -0.3 is 9.30 Å². The van der Waals surface area contributed by atoms with Crippen molar-refractivity contribution in [3.05, 3.63) is 60.7 Å². The van der Waals surface area contributed by atoms with Crippen LogP contribution in [-0.4, -0.2) is 13.0 Å². The minimum atomic E-state index is -2.71. The Morgan fingerprint density at radius 2 is 1.25 bits per heavy atom.